The fourth-order valence-corrected chi connectivity index (χ4v) is 1.62. The molecule has 1 aromatic heterocycles. The first-order valence-corrected chi connectivity index (χ1v) is 6.12. The average molecular weight is 280 g/mol. The molecule has 1 aromatic carbocycles. The van der Waals surface area contributed by atoms with E-state index in [0.717, 1.165) is 12.1 Å². The van der Waals surface area contributed by atoms with Crippen LogP contribution in [0, 0.1) is 11.6 Å². The second-order valence-corrected chi connectivity index (χ2v) is 4.13. The minimum Gasteiger partial charge on any atom is -0.338 e. The summed E-state index contributed by atoms with van der Waals surface area (Å²) in [5.41, 5.74) is 0.202. The zero-order valence-electron chi connectivity index (χ0n) is 10.6. The number of nitrogens with zero attached hydrogens (tertiary/aromatic N) is 2. The van der Waals surface area contributed by atoms with Crippen molar-refractivity contribution in [3.05, 3.63) is 48.3 Å². The van der Waals surface area contributed by atoms with Gasteiger partial charge in [0.25, 0.3) is 0 Å². The van der Waals surface area contributed by atoms with Crippen LogP contribution in [0.2, 0.25) is 0 Å². The van der Waals surface area contributed by atoms with Gasteiger partial charge in [-0.2, -0.15) is 5.10 Å². The maximum atomic E-state index is 12.9. The molecule has 0 aliphatic rings. The molecule has 0 fully saturated rings. The predicted molar refractivity (Wildman–Crippen MR) is 70.2 cm³/mol. The Balaban J connectivity index is 1.71. The van der Waals surface area contributed by atoms with Crippen molar-refractivity contribution in [1.82, 2.24) is 15.1 Å². The van der Waals surface area contributed by atoms with Crippen LogP contribution in [0.4, 0.5) is 19.3 Å². The average Bonchev–Trinajstić information content (AvgIpc) is 2.92. The van der Waals surface area contributed by atoms with E-state index in [2.05, 4.69) is 15.7 Å². The minimum absolute atomic E-state index is 0.202. The fraction of sp³-hybridized carbons (Fsp3) is 0.231. The van der Waals surface area contributed by atoms with Gasteiger partial charge in [0.2, 0.25) is 0 Å². The quantitative estimate of drug-likeness (QED) is 0.826. The molecular formula is C13H14F2N4O. The number of anilines is 1. The maximum Gasteiger partial charge on any atom is 0.319 e. The molecule has 2 rings (SSSR count). The van der Waals surface area contributed by atoms with Crippen molar-refractivity contribution < 1.29 is 13.6 Å². The highest BCUT2D eigenvalue weighted by atomic mass is 19.2. The van der Waals surface area contributed by atoms with E-state index in [1.54, 1.807) is 10.9 Å². The Kier molecular flexibility index (Phi) is 4.65. The number of rotatable bonds is 5. The molecule has 0 saturated heterocycles. The lowest BCUT2D eigenvalue weighted by molar-refractivity contribution is 0.251. The lowest BCUT2D eigenvalue weighted by Crippen LogP contribution is -2.30. The predicted octanol–water partition coefficient (Wildman–Crippen LogP) is 2.37. The third kappa shape index (κ3) is 4.04. The molecular weight excluding hydrogens is 266 g/mol. The summed E-state index contributed by atoms with van der Waals surface area (Å²) in [5, 5.41) is 9.07. The van der Waals surface area contributed by atoms with Gasteiger partial charge in [0.15, 0.2) is 11.6 Å². The van der Waals surface area contributed by atoms with Gasteiger partial charge in [0.05, 0.1) is 0 Å². The fourth-order valence-electron chi connectivity index (χ4n) is 1.62. The number of urea groups is 1. The standard InChI is InChI=1S/C13H14F2N4O/c14-11-4-3-10(9-12(11)15)18-13(20)16-5-1-7-19-8-2-6-17-19/h2-4,6,8-9H,1,5,7H2,(H2,16,18,20). The summed E-state index contributed by atoms with van der Waals surface area (Å²) < 4.78 is 27.4. The van der Waals surface area contributed by atoms with Crippen molar-refractivity contribution in [2.24, 2.45) is 0 Å². The molecule has 1 heterocycles. The van der Waals surface area contributed by atoms with Gasteiger partial charge >= 0.3 is 6.03 Å². The Labute approximate surface area is 114 Å². The van der Waals surface area contributed by atoms with Crippen molar-refractivity contribution in [3.8, 4) is 0 Å². The maximum absolute atomic E-state index is 12.9. The van der Waals surface area contributed by atoms with Crippen molar-refractivity contribution in [2.75, 3.05) is 11.9 Å². The summed E-state index contributed by atoms with van der Waals surface area (Å²) in [6.07, 6.45) is 4.23. The van der Waals surface area contributed by atoms with Gasteiger partial charge in [-0.3, -0.25) is 4.68 Å². The second kappa shape index (κ2) is 6.65. The molecule has 0 spiro atoms. The van der Waals surface area contributed by atoms with Gasteiger partial charge in [-0.1, -0.05) is 0 Å². The first-order chi connectivity index (χ1) is 9.65. The smallest absolute Gasteiger partial charge is 0.319 e. The van der Waals surface area contributed by atoms with Crippen molar-refractivity contribution in [2.45, 2.75) is 13.0 Å². The van der Waals surface area contributed by atoms with E-state index in [4.69, 9.17) is 0 Å². The molecule has 0 bridgehead atoms. The normalized spacial score (nSPS) is 10.3. The molecule has 0 unspecified atom stereocenters. The second-order valence-electron chi connectivity index (χ2n) is 4.13. The first kappa shape index (κ1) is 14.0. The summed E-state index contributed by atoms with van der Waals surface area (Å²) >= 11 is 0. The topological polar surface area (TPSA) is 59.0 Å². The highest BCUT2D eigenvalue weighted by molar-refractivity contribution is 5.89. The van der Waals surface area contributed by atoms with Crippen LogP contribution in [0.15, 0.2) is 36.7 Å². The monoisotopic (exact) mass is 280 g/mol. The molecule has 106 valence electrons. The number of benzene rings is 1. The van der Waals surface area contributed by atoms with Crippen LogP contribution in [0.25, 0.3) is 0 Å². The molecule has 5 nitrogen and oxygen atoms in total. The van der Waals surface area contributed by atoms with E-state index < -0.39 is 17.7 Å². The van der Waals surface area contributed by atoms with Crippen LogP contribution in [0.3, 0.4) is 0 Å². The van der Waals surface area contributed by atoms with Gasteiger partial charge in [-0.25, -0.2) is 13.6 Å². The summed E-state index contributed by atoms with van der Waals surface area (Å²) in [6.45, 7) is 1.15. The Morgan fingerprint density at radius 1 is 1.30 bits per heavy atom. The third-order valence-corrected chi connectivity index (χ3v) is 2.59. The summed E-state index contributed by atoms with van der Waals surface area (Å²) in [7, 11) is 0. The third-order valence-electron chi connectivity index (χ3n) is 2.59. The van der Waals surface area contributed by atoms with E-state index in [9.17, 15) is 13.6 Å². The van der Waals surface area contributed by atoms with E-state index >= 15 is 0 Å². The highest BCUT2D eigenvalue weighted by Crippen LogP contribution is 2.12. The number of carbonyl (C=O) groups excluding carboxylic acids is 1. The highest BCUT2D eigenvalue weighted by Gasteiger charge is 2.05. The molecule has 0 saturated carbocycles. The number of nitrogens with one attached hydrogen (secondary N) is 2. The molecule has 0 atom stereocenters. The largest absolute Gasteiger partial charge is 0.338 e. The Morgan fingerprint density at radius 3 is 2.85 bits per heavy atom. The number of amides is 2. The Morgan fingerprint density at radius 2 is 2.15 bits per heavy atom. The number of halogens is 2. The van der Waals surface area contributed by atoms with E-state index in [1.807, 2.05) is 12.3 Å². The summed E-state index contributed by atoms with van der Waals surface area (Å²) in [5.74, 6) is -1.95. The van der Waals surface area contributed by atoms with Crippen LogP contribution in [0.1, 0.15) is 6.42 Å². The number of carbonyl (C=O) groups is 1. The first-order valence-electron chi connectivity index (χ1n) is 6.12. The van der Waals surface area contributed by atoms with E-state index in [1.165, 1.54) is 6.07 Å². The van der Waals surface area contributed by atoms with E-state index in [-0.39, 0.29) is 5.69 Å². The molecule has 0 radical (unpaired) electrons. The van der Waals surface area contributed by atoms with Gasteiger partial charge in [-0.15, -0.1) is 0 Å². The lowest BCUT2D eigenvalue weighted by Gasteiger charge is -2.08. The molecule has 2 aromatic rings. The van der Waals surface area contributed by atoms with Crippen LogP contribution >= 0.6 is 0 Å². The SMILES string of the molecule is O=C(NCCCn1cccn1)Nc1ccc(F)c(F)c1. The van der Waals surface area contributed by atoms with Crippen LogP contribution in [0.5, 0.6) is 0 Å². The lowest BCUT2D eigenvalue weighted by atomic mass is 10.3. The Bertz CT molecular complexity index is 572. The zero-order chi connectivity index (χ0) is 14.4. The van der Waals surface area contributed by atoms with Gasteiger partial charge in [0, 0.05) is 37.2 Å². The van der Waals surface area contributed by atoms with Crippen molar-refractivity contribution in [1.29, 1.82) is 0 Å². The van der Waals surface area contributed by atoms with Crippen LogP contribution in [-0.4, -0.2) is 22.4 Å². The number of aryl methyl sites for hydroxylation is 1. The van der Waals surface area contributed by atoms with Gasteiger partial charge < -0.3 is 10.6 Å². The summed E-state index contributed by atoms with van der Waals surface area (Å²) in [4.78, 5) is 11.5. The van der Waals surface area contributed by atoms with Crippen molar-refractivity contribution >= 4 is 11.7 Å². The molecule has 20 heavy (non-hydrogen) atoms. The zero-order valence-corrected chi connectivity index (χ0v) is 10.6. The van der Waals surface area contributed by atoms with Gasteiger partial charge in [0.1, 0.15) is 0 Å². The summed E-state index contributed by atoms with van der Waals surface area (Å²) in [6, 6.07) is 4.54. The molecule has 7 heteroatoms. The van der Waals surface area contributed by atoms with Crippen molar-refractivity contribution in [3.63, 3.8) is 0 Å². The minimum atomic E-state index is -0.999. The molecule has 2 N–H and O–H groups in total. The van der Waals surface area contributed by atoms with Gasteiger partial charge in [-0.05, 0) is 24.6 Å². The molecule has 0 aliphatic carbocycles. The molecule has 0 aliphatic heterocycles. The number of aromatic nitrogens is 2. The van der Waals surface area contributed by atoms with E-state index in [0.29, 0.717) is 19.5 Å². The number of hydrogen-bond acceptors (Lipinski definition) is 2. The number of hydrogen-bond donors (Lipinski definition) is 2. The van der Waals surface area contributed by atoms with Crippen LogP contribution < -0.4 is 10.6 Å². The Hall–Kier alpha value is -2.44. The van der Waals surface area contributed by atoms with Crippen LogP contribution in [-0.2, 0) is 6.54 Å². The molecule has 2 amide bonds.